The number of rotatable bonds is 6. The van der Waals surface area contributed by atoms with E-state index in [0.717, 1.165) is 41.3 Å². The third-order valence-electron chi connectivity index (χ3n) is 5.27. The van der Waals surface area contributed by atoms with Crippen molar-refractivity contribution in [2.45, 2.75) is 13.5 Å². The number of nitrogens with zero attached hydrogens (tertiary/aromatic N) is 3. The van der Waals surface area contributed by atoms with E-state index in [0.29, 0.717) is 29.9 Å². The summed E-state index contributed by atoms with van der Waals surface area (Å²) in [4.78, 5) is 14.9. The van der Waals surface area contributed by atoms with Gasteiger partial charge in [-0.2, -0.15) is 5.10 Å². The molecule has 8 heteroatoms. The highest BCUT2D eigenvalue weighted by atomic mass is 35.5. The van der Waals surface area contributed by atoms with E-state index in [2.05, 4.69) is 15.3 Å². The molecule has 2 aromatic carbocycles. The predicted octanol–water partition coefficient (Wildman–Crippen LogP) is 5.04. The van der Waals surface area contributed by atoms with Gasteiger partial charge < -0.3 is 15.0 Å². The van der Waals surface area contributed by atoms with Crippen LogP contribution in [0.4, 0.5) is 11.4 Å². The fourth-order valence-corrected chi connectivity index (χ4v) is 4.04. The minimum atomic E-state index is -0.230. The van der Waals surface area contributed by atoms with Crippen molar-refractivity contribution in [2.75, 3.05) is 36.5 Å². The largest absolute Gasteiger partial charge is 0.378 e. The number of carbonyl (C=O) groups excluding carboxylic acids is 1. The number of halogens is 2. The number of aryl methyl sites for hydroxylation is 1. The zero-order valence-corrected chi connectivity index (χ0v) is 19.2. The van der Waals surface area contributed by atoms with Gasteiger partial charge in [0.25, 0.3) is 0 Å². The maximum Gasteiger partial charge on any atom is 0.248 e. The Morgan fingerprint density at radius 3 is 2.59 bits per heavy atom. The van der Waals surface area contributed by atoms with E-state index >= 15 is 0 Å². The molecule has 1 aromatic heterocycles. The molecule has 0 unspecified atom stereocenters. The number of anilines is 2. The zero-order valence-electron chi connectivity index (χ0n) is 17.7. The van der Waals surface area contributed by atoms with Gasteiger partial charge in [0.1, 0.15) is 5.15 Å². The monoisotopic (exact) mass is 470 g/mol. The number of amides is 1. The molecule has 0 atom stereocenters. The number of hydrogen-bond acceptors (Lipinski definition) is 4. The van der Waals surface area contributed by atoms with Gasteiger partial charge >= 0.3 is 0 Å². The molecule has 0 saturated carbocycles. The Bertz CT molecular complexity index is 1120. The Morgan fingerprint density at radius 1 is 1.12 bits per heavy atom. The number of carbonyl (C=O) groups is 1. The lowest BCUT2D eigenvalue weighted by molar-refractivity contribution is -0.111. The number of nitrogens with one attached hydrogen (secondary N) is 1. The summed E-state index contributed by atoms with van der Waals surface area (Å²) in [7, 11) is 0. The molecule has 1 fully saturated rings. The zero-order chi connectivity index (χ0) is 22.5. The van der Waals surface area contributed by atoms with Gasteiger partial charge in [0.05, 0.1) is 36.8 Å². The lowest BCUT2D eigenvalue weighted by Crippen LogP contribution is -2.36. The molecule has 4 rings (SSSR count). The summed E-state index contributed by atoms with van der Waals surface area (Å²) >= 11 is 12.5. The van der Waals surface area contributed by atoms with Gasteiger partial charge in [0.2, 0.25) is 5.91 Å². The van der Waals surface area contributed by atoms with Gasteiger partial charge in [0, 0.05) is 29.8 Å². The number of benzene rings is 2. The van der Waals surface area contributed by atoms with Crippen molar-refractivity contribution in [3.8, 4) is 0 Å². The van der Waals surface area contributed by atoms with Crippen LogP contribution in [-0.4, -0.2) is 42.0 Å². The van der Waals surface area contributed by atoms with Crippen molar-refractivity contribution in [3.05, 3.63) is 81.6 Å². The average Bonchev–Trinajstić information content (AvgIpc) is 3.07. The quantitative estimate of drug-likeness (QED) is 0.512. The molecule has 1 amide bonds. The number of aromatic nitrogens is 2. The maximum absolute atomic E-state index is 12.6. The van der Waals surface area contributed by atoms with Crippen LogP contribution in [0.1, 0.15) is 16.8 Å². The highest BCUT2D eigenvalue weighted by Crippen LogP contribution is 2.27. The molecule has 0 aliphatic carbocycles. The molecule has 1 saturated heterocycles. The summed E-state index contributed by atoms with van der Waals surface area (Å²) in [5, 5.41) is 8.66. The minimum absolute atomic E-state index is 0.230. The Kier molecular flexibility index (Phi) is 7.15. The smallest absolute Gasteiger partial charge is 0.248 e. The van der Waals surface area contributed by atoms with Crippen LogP contribution in [0.5, 0.6) is 0 Å². The van der Waals surface area contributed by atoms with Crippen LogP contribution in [-0.2, 0) is 16.1 Å². The third kappa shape index (κ3) is 5.33. The molecule has 0 spiro atoms. The van der Waals surface area contributed by atoms with Crippen LogP contribution in [0.2, 0.25) is 10.2 Å². The minimum Gasteiger partial charge on any atom is -0.378 e. The van der Waals surface area contributed by atoms with Crippen LogP contribution in [0, 0.1) is 6.92 Å². The summed E-state index contributed by atoms with van der Waals surface area (Å²) in [5.41, 5.74) is 4.26. The van der Waals surface area contributed by atoms with Gasteiger partial charge in [-0.3, -0.25) is 4.79 Å². The fourth-order valence-electron chi connectivity index (χ4n) is 3.62. The van der Waals surface area contributed by atoms with Crippen LogP contribution in [0.25, 0.3) is 6.08 Å². The molecule has 6 nitrogen and oxygen atoms in total. The maximum atomic E-state index is 12.6. The Morgan fingerprint density at radius 2 is 1.84 bits per heavy atom. The van der Waals surface area contributed by atoms with Crippen molar-refractivity contribution in [1.82, 2.24) is 9.78 Å². The Hall–Kier alpha value is -2.80. The normalized spacial score (nSPS) is 14.2. The molecule has 32 heavy (non-hydrogen) atoms. The van der Waals surface area contributed by atoms with E-state index in [9.17, 15) is 4.79 Å². The second-order valence-electron chi connectivity index (χ2n) is 7.51. The number of hydrogen-bond donors (Lipinski definition) is 1. The van der Waals surface area contributed by atoms with Crippen LogP contribution in [0.15, 0.2) is 54.6 Å². The van der Waals surface area contributed by atoms with Crippen molar-refractivity contribution in [3.63, 3.8) is 0 Å². The lowest BCUT2D eigenvalue weighted by Gasteiger charge is -2.30. The SMILES string of the molecule is Cc1nn(Cc2ccc(Cl)cc2)c(Cl)c1C=CC(=O)Nc1ccccc1N1CCOCC1. The molecule has 0 radical (unpaired) electrons. The van der Waals surface area contributed by atoms with Gasteiger partial charge in [0.15, 0.2) is 0 Å². The molecule has 3 aromatic rings. The van der Waals surface area contributed by atoms with E-state index in [4.69, 9.17) is 27.9 Å². The van der Waals surface area contributed by atoms with Crippen LogP contribution >= 0.6 is 23.2 Å². The number of morpholine rings is 1. The number of para-hydroxylation sites is 2. The van der Waals surface area contributed by atoms with E-state index in [1.165, 1.54) is 6.08 Å². The lowest BCUT2D eigenvalue weighted by atomic mass is 10.2. The molecular formula is C24H24Cl2N4O2. The first-order valence-corrected chi connectivity index (χ1v) is 11.1. The van der Waals surface area contributed by atoms with Gasteiger partial charge in [-0.1, -0.05) is 47.5 Å². The molecular weight excluding hydrogens is 447 g/mol. The van der Waals surface area contributed by atoms with Gasteiger partial charge in [-0.25, -0.2) is 4.68 Å². The fraction of sp³-hybridized carbons (Fsp3) is 0.250. The first-order valence-electron chi connectivity index (χ1n) is 10.4. The summed E-state index contributed by atoms with van der Waals surface area (Å²) in [6.45, 7) is 5.34. The van der Waals surface area contributed by atoms with Gasteiger partial charge in [-0.05, 0) is 42.8 Å². The summed E-state index contributed by atoms with van der Waals surface area (Å²) in [5.74, 6) is -0.230. The predicted molar refractivity (Wildman–Crippen MR) is 130 cm³/mol. The van der Waals surface area contributed by atoms with Gasteiger partial charge in [-0.15, -0.1) is 0 Å². The summed E-state index contributed by atoms with van der Waals surface area (Å²) < 4.78 is 7.14. The average molecular weight is 471 g/mol. The standard InChI is InChI=1S/C24H24Cl2N4O2/c1-17-20(24(26)30(28-17)16-18-6-8-19(25)9-7-18)10-11-23(31)27-21-4-2-3-5-22(21)29-12-14-32-15-13-29/h2-11H,12-16H2,1H3,(H,27,31). The van der Waals surface area contributed by atoms with E-state index in [1.54, 1.807) is 10.8 Å². The van der Waals surface area contributed by atoms with Crippen molar-refractivity contribution >= 4 is 46.6 Å². The highest BCUT2D eigenvalue weighted by molar-refractivity contribution is 6.31. The Labute approximate surface area is 197 Å². The summed E-state index contributed by atoms with van der Waals surface area (Å²) in [6, 6.07) is 15.3. The van der Waals surface area contributed by atoms with Crippen molar-refractivity contribution < 1.29 is 9.53 Å². The first kappa shape index (κ1) is 22.4. The molecule has 1 aliphatic rings. The van der Waals surface area contributed by atoms with E-state index in [1.807, 2.05) is 55.5 Å². The van der Waals surface area contributed by atoms with E-state index in [-0.39, 0.29) is 5.91 Å². The summed E-state index contributed by atoms with van der Waals surface area (Å²) in [6.07, 6.45) is 3.19. The molecule has 1 aliphatic heterocycles. The highest BCUT2D eigenvalue weighted by Gasteiger charge is 2.16. The second kappa shape index (κ2) is 10.2. The molecule has 166 valence electrons. The first-order chi connectivity index (χ1) is 15.5. The Balaban J connectivity index is 1.46. The number of ether oxygens (including phenoxy) is 1. The van der Waals surface area contributed by atoms with Crippen LogP contribution in [0.3, 0.4) is 0 Å². The van der Waals surface area contributed by atoms with Crippen molar-refractivity contribution in [1.29, 1.82) is 0 Å². The second-order valence-corrected chi connectivity index (χ2v) is 8.31. The van der Waals surface area contributed by atoms with Crippen LogP contribution < -0.4 is 10.2 Å². The third-order valence-corrected chi connectivity index (χ3v) is 5.92. The van der Waals surface area contributed by atoms with Crippen molar-refractivity contribution in [2.24, 2.45) is 0 Å². The molecule has 1 N–H and O–H groups in total. The molecule has 2 heterocycles. The topological polar surface area (TPSA) is 59.4 Å². The van der Waals surface area contributed by atoms with E-state index < -0.39 is 0 Å². The molecule has 0 bridgehead atoms.